The fraction of sp³-hybridized carbons (Fsp3) is 0.467. The molecule has 5 nitrogen and oxygen atoms in total. The van der Waals surface area contributed by atoms with E-state index >= 15 is 0 Å². The number of likely N-dealkylation sites (N-methyl/N-ethyl adjacent to an activating group) is 1. The monoisotopic (exact) mass is 310 g/mol. The van der Waals surface area contributed by atoms with Crippen molar-refractivity contribution in [1.82, 2.24) is 4.90 Å². The number of halogens is 1. The number of carboxylic acid groups (broad SMARTS) is 1. The van der Waals surface area contributed by atoms with Gasteiger partial charge < -0.3 is 10.0 Å². The molecule has 21 heavy (non-hydrogen) atoms. The fourth-order valence-electron chi connectivity index (χ4n) is 2.62. The Hall–Kier alpha value is -1.59. The summed E-state index contributed by atoms with van der Waals surface area (Å²) in [6.07, 6.45) is 1.40. The van der Waals surface area contributed by atoms with Crippen LogP contribution < -0.4 is 4.90 Å². The number of carbonyl (C=O) groups excluding carboxylic acids is 1. The molecule has 0 bridgehead atoms. The Morgan fingerprint density at radius 3 is 2.86 bits per heavy atom. The second-order valence-electron chi connectivity index (χ2n) is 5.22. The number of amides is 1. The first-order chi connectivity index (χ1) is 10.0. The van der Waals surface area contributed by atoms with Crippen molar-refractivity contribution in [3.8, 4) is 0 Å². The van der Waals surface area contributed by atoms with Crippen LogP contribution in [0.25, 0.3) is 0 Å². The van der Waals surface area contributed by atoms with E-state index in [4.69, 9.17) is 16.7 Å². The van der Waals surface area contributed by atoms with Crippen LogP contribution in [0.1, 0.15) is 19.3 Å². The van der Waals surface area contributed by atoms with Crippen LogP contribution in [0.2, 0.25) is 5.02 Å². The van der Waals surface area contributed by atoms with Crippen molar-refractivity contribution >= 4 is 29.2 Å². The number of carboxylic acids is 1. The quantitative estimate of drug-likeness (QED) is 0.875. The molecule has 1 saturated heterocycles. The minimum absolute atomic E-state index is 0.0286. The van der Waals surface area contributed by atoms with Gasteiger partial charge in [0.25, 0.3) is 0 Å². The Balaban J connectivity index is 1.98. The molecule has 0 aromatic heterocycles. The van der Waals surface area contributed by atoms with Crippen molar-refractivity contribution in [1.29, 1.82) is 0 Å². The summed E-state index contributed by atoms with van der Waals surface area (Å²) in [6.45, 7) is 1.23. The Kier molecular flexibility index (Phi) is 5.20. The summed E-state index contributed by atoms with van der Waals surface area (Å²) >= 11 is 6.14. The Morgan fingerprint density at radius 1 is 1.48 bits per heavy atom. The smallest absolute Gasteiger partial charge is 0.303 e. The van der Waals surface area contributed by atoms with Crippen molar-refractivity contribution in [3.63, 3.8) is 0 Å². The minimum Gasteiger partial charge on any atom is -0.481 e. The lowest BCUT2D eigenvalue weighted by Crippen LogP contribution is -2.40. The van der Waals surface area contributed by atoms with Crippen LogP contribution in [-0.4, -0.2) is 48.1 Å². The molecule has 1 amide bonds. The maximum Gasteiger partial charge on any atom is 0.303 e. The van der Waals surface area contributed by atoms with Crippen LogP contribution >= 0.6 is 11.6 Å². The molecule has 1 aromatic rings. The lowest BCUT2D eigenvalue weighted by molar-refractivity contribution is -0.137. The number of hydrogen-bond donors (Lipinski definition) is 1. The highest BCUT2D eigenvalue weighted by molar-refractivity contribution is 6.33. The van der Waals surface area contributed by atoms with E-state index in [9.17, 15) is 9.59 Å². The van der Waals surface area contributed by atoms with Crippen LogP contribution in [0.3, 0.4) is 0 Å². The molecule has 1 heterocycles. The van der Waals surface area contributed by atoms with E-state index in [1.807, 2.05) is 30.1 Å². The van der Waals surface area contributed by atoms with Gasteiger partial charge in [-0.25, -0.2) is 0 Å². The van der Waals surface area contributed by atoms with Crippen LogP contribution in [0.5, 0.6) is 0 Å². The predicted octanol–water partition coefficient (Wildman–Crippen LogP) is 2.24. The van der Waals surface area contributed by atoms with Gasteiger partial charge in [0.1, 0.15) is 0 Å². The van der Waals surface area contributed by atoms with Crippen molar-refractivity contribution in [2.75, 3.05) is 25.0 Å². The van der Waals surface area contributed by atoms with Gasteiger partial charge in [0.15, 0.2) is 0 Å². The zero-order valence-corrected chi connectivity index (χ0v) is 12.7. The summed E-state index contributed by atoms with van der Waals surface area (Å²) in [5.41, 5.74) is 0.741. The first-order valence-corrected chi connectivity index (χ1v) is 7.36. The van der Waals surface area contributed by atoms with Gasteiger partial charge in [0.05, 0.1) is 16.8 Å². The average molecular weight is 311 g/mol. The molecule has 114 valence electrons. The standard InChI is InChI=1S/C15H19ClN2O3/c1-17(9-4-7-14(19)20)13-8-10-18(15(13)21)12-6-3-2-5-11(12)16/h2-3,5-6,13H,4,7-10H2,1H3,(H,19,20). The Labute approximate surface area is 129 Å². The zero-order chi connectivity index (χ0) is 15.4. The molecular weight excluding hydrogens is 292 g/mol. The second kappa shape index (κ2) is 6.91. The number of carbonyl (C=O) groups is 2. The van der Waals surface area contributed by atoms with Crippen molar-refractivity contribution in [2.45, 2.75) is 25.3 Å². The highest BCUT2D eigenvalue weighted by Gasteiger charge is 2.35. The predicted molar refractivity (Wildman–Crippen MR) is 81.7 cm³/mol. The maximum absolute atomic E-state index is 12.5. The molecule has 1 aromatic carbocycles. The molecule has 1 aliphatic heterocycles. The molecule has 0 radical (unpaired) electrons. The van der Waals surface area contributed by atoms with Crippen LogP contribution in [-0.2, 0) is 9.59 Å². The number of para-hydroxylation sites is 1. The van der Waals surface area contributed by atoms with Gasteiger partial charge in [-0.2, -0.15) is 0 Å². The highest BCUT2D eigenvalue weighted by atomic mass is 35.5. The molecule has 0 saturated carbocycles. The van der Waals surface area contributed by atoms with Crippen LogP contribution in [0.15, 0.2) is 24.3 Å². The first kappa shape index (κ1) is 15.8. The van der Waals surface area contributed by atoms with Gasteiger partial charge in [-0.15, -0.1) is 0 Å². The van der Waals surface area contributed by atoms with E-state index in [0.717, 1.165) is 12.1 Å². The normalized spacial score (nSPS) is 18.5. The molecule has 1 unspecified atom stereocenters. The Morgan fingerprint density at radius 2 is 2.19 bits per heavy atom. The lowest BCUT2D eigenvalue weighted by Gasteiger charge is -2.23. The molecule has 2 rings (SSSR count). The van der Waals surface area contributed by atoms with Crippen molar-refractivity contribution in [3.05, 3.63) is 29.3 Å². The molecule has 6 heteroatoms. The number of anilines is 1. The second-order valence-corrected chi connectivity index (χ2v) is 5.63. The molecule has 1 N–H and O–H groups in total. The number of nitrogens with zero attached hydrogens (tertiary/aromatic N) is 2. The Bertz CT molecular complexity index is 535. The third kappa shape index (κ3) is 3.74. The van der Waals surface area contributed by atoms with E-state index in [1.165, 1.54) is 0 Å². The first-order valence-electron chi connectivity index (χ1n) is 6.98. The van der Waals surface area contributed by atoms with Crippen molar-refractivity contribution in [2.24, 2.45) is 0 Å². The zero-order valence-electron chi connectivity index (χ0n) is 12.0. The summed E-state index contributed by atoms with van der Waals surface area (Å²) in [5, 5.41) is 9.23. The minimum atomic E-state index is -0.807. The fourth-order valence-corrected chi connectivity index (χ4v) is 2.86. The average Bonchev–Trinajstić information content (AvgIpc) is 2.80. The number of rotatable bonds is 6. The topological polar surface area (TPSA) is 60.9 Å². The largest absolute Gasteiger partial charge is 0.481 e. The van der Waals surface area contributed by atoms with Gasteiger partial charge >= 0.3 is 5.97 Å². The molecule has 1 aliphatic rings. The maximum atomic E-state index is 12.5. The molecule has 0 aliphatic carbocycles. The number of hydrogen-bond acceptors (Lipinski definition) is 3. The summed E-state index contributed by atoms with van der Waals surface area (Å²) in [4.78, 5) is 26.7. The third-order valence-electron chi connectivity index (χ3n) is 3.75. The van der Waals surface area contributed by atoms with Crippen LogP contribution in [0, 0.1) is 0 Å². The van der Waals surface area contributed by atoms with Crippen LogP contribution in [0.4, 0.5) is 5.69 Å². The van der Waals surface area contributed by atoms with Gasteiger partial charge in [-0.3, -0.25) is 14.5 Å². The lowest BCUT2D eigenvalue weighted by atomic mass is 10.2. The van der Waals surface area contributed by atoms with Gasteiger partial charge in [-0.05, 0) is 38.6 Å². The molecule has 0 spiro atoms. The highest BCUT2D eigenvalue weighted by Crippen LogP contribution is 2.30. The number of benzene rings is 1. The molecule has 1 fully saturated rings. The van der Waals surface area contributed by atoms with E-state index in [-0.39, 0.29) is 18.4 Å². The van der Waals surface area contributed by atoms with Crippen molar-refractivity contribution < 1.29 is 14.7 Å². The van der Waals surface area contributed by atoms with E-state index in [0.29, 0.717) is 24.5 Å². The summed E-state index contributed by atoms with van der Waals surface area (Å²) < 4.78 is 0. The summed E-state index contributed by atoms with van der Waals surface area (Å²) in [7, 11) is 1.86. The van der Waals surface area contributed by atoms with Gasteiger partial charge in [0.2, 0.25) is 5.91 Å². The van der Waals surface area contributed by atoms with Gasteiger partial charge in [0, 0.05) is 13.0 Å². The molecular formula is C15H19ClN2O3. The third-order valence-corrected chi connectivity index (χ3v) is 4.07. The summed E-state index contributed by atoms with van der Waals surface area (Å²) in [5.74, 6) is -0.778. The summed E-state index contributed by atoms with van der Waals surface area (Å²) in [6, 6.07) is 7.11. The number of aliphatic carboxylic acids is 1. The van der Waals surface area contributed by atoms with E-state index in [2.05, 4.69) is 0 Å². The van der Waals surface area contributed by atoms with E-state index in [1.54, 1.807) is 11.0 Å². The van der Waals surface area contributed by atoms with E-state index < -0.39 is 5.97 Å². The van der Waals surface area contributed by atoms with Gasteiger partial charge in [-0.1, -0.05) is 23.7 Å². The SMILES string of the molecule is CN(CCCC(=O)O)C1CCN(c2ccccc2Cl)C1=O. The molecule has 1 atom stereocenters.